The Hall–Kier alpha value is -0.590. The lowest BCUT2D eigenvalue weighted by Gasteiger charge is -2.60. The molecule has 18 heavy (non-hydrogen) atoms. The first kappa shape index (κ1) is 11.3. The molecule has 1 atom stereocenters. The van der Waals surface area contributed by atoms with Gasteiger partial charge in [0.05, 0.1) is 12.5 Å². The van der Waals surface area contributed by atoms with Crippen molar-refractivity contribution < 1.29 is 0 Å². The first-order chi connectivity index (χ1) is 8.79. The van der Waals surface area contributed by atoms with Crippen molar-refractivity contribution in [1.82, 2.24) is 10.4 Å². The van der Waals surface area contributed by atoms with Gasteiger partial charge in [0.2, 0.25) is 0 Å². The summed E-state index contributed by atoms with van der Waals surface area (Å²) in [6, 6.07) is 2.87. The number of hydrazine groups is 1. The average Bonchev–Trinajstić information content (AvgIpc) is 2.76. The molecule has 0 aromatic heterocycles. The lowest BCUT2D eigenvalue weighted by Crippen LogP contribution is -2.63. The van der Waals surface area contributed by atoms with Crippen LogP contribution in [0.25, 0.3) is 0 Å². The molecule has 0 amide bonds. The van der Waals surface area contributed by atoms with E-state index in [1.165, 1.54) is 38.5 Å². The summed E-state index contributed by atoms with van der Waals surface area (Å²) in [5.74, 6) is 2.96. The zero-order valence-electron chi connectivity index (χ0n) is 11.1. The molecule has 0 radical (unpaired) electrons. The minimum absolute atomic E-state index is 0.423. The normalized spacial score (nSPS) is 50.6. The van der Waals surface area contributed by atoms with Crippen molar-refractivity contribution in [2.75, 3.05) is 6.54 Å². The van der Waals surface area contributed by atoms with Gasteiger partial charge in [-0.1, -0.05) is 0 Å². The molecular weight excluding hydrogens is 222 g/mol. The van der Waals surface area contributed by atoms with Crippen LogP contribution in [0, 0.1) is 29.1 Å². The van der Waals surface area contributed by atoms with Crippen molar-refractivity contribution in [3.05, 3.63) is 0 Å². The van der Waals surface area contributed by atoms with Crippen molar-refractivity contribution in [2.24, 2.45) is 17.8 Å². The Labute approximate surface area is 109 Å². The topological polar surface area (TPSA) is 39.1 Å². The standard InChI is InChI=1S/C15H23N3/c16-3-1-14-2-4-17-18(14)15-8-11-5-12(9-15)7-13(6-11)10-15/h11-14,17H,1-2,4-10H2. The predicted octanol–water partition coefficient (Wildman–Crippen LogP) is 2.45. The third kappa shape index (κ3) is 1.55. The highest BCUT2D eigenvalue weighted by Crippen LogP contribution is 2.58. The number of nitriles is 1. The highest BCUT2D eigenvalue weighted by atomic mass is 15.6. The summed E-state index contributed by atoms with van der Waals surface area (Å²) in [7, 11) is 0. The molecule has 4 bridgehead atoms. The minimum atomic E-state index is 0.423. The van der Waals surface area contributed by atoms with Gasteiger partial charge in [0.1, 0.15) is 0 Å². The van der Waals surface area contributed by atoms with Crippen molar-refractivity contribution in [3.63, 3.8) is 0 Å². The maximum Gasteiger partial charge on any atom is 0.0638 e. The number of hydrogen-bond donors (Lipinski definition) is 1. The van der Waals surface area contributed by atoms with Gasteiger partial charge >= 0.3 is 0 Å². The first-order valence-electron chi connectivity index (χ1n) is 7.69. The molecule has 4 aliphatic carbocycles. The van der Waals surface area contributed by atoms with Gasteiger partial charge in [0.15, 0.2) is 0 Å². The first-order valence-corrected chi connectivity index (χ1v) is 7.69. The molecule has 1 aliphatic heterocycles. The summed E-state index contributed by atoms with van der Waals surface area (Å²) < 4.78 is 0. The summed E-state index contributed by atoms with van der Waals surface area (Å²) >= 11 is 0. The molecule has 1 heterocycles. The third-order valence-electron chi connectivity index (χ3n) is 5.97. The van der Waals surface area contributed by atoms with Gasteiger partial charge in [-0.15, -0.1) is 0 Å². The molecular formula is C15H23N3. The maximum absolute atomic E-state index is 9.02. The summed E-state index contributed by atoms with van der Waals surface area (Å²) in [4.78, 5) is 0. The van der Waals surface area contributed by atoms with E-state index in [-0.39, 0.29) is 0 Å². The number of hydrogen-bond acceptors (Lipinski definition) is 3. The molecule has 0 spiro atoms. The van der Waals surface area contributed by atoms with Crippen LogP contribution in [0.5, 0.6) is 0 Å². The van der Waals surface area contributed by atoms with Crippen LogP contribution in [0.15, 0.2) is 0 Å². The van der Waals surface area contributed by atoms with E-state index in [0.717, 1.165) is 30.7 Å². The molecule has 3 nitrogen and oxygen atoms in total. The van der Waals surface area contributed by atoms with Crippen molar-refractivity contribution >= 4 is 0 Å². The Morgan fingerprint density at radius 3 is 2.28 bits per heavy atom. The lowest BCUT2D eigenvalue weighted by atomic mass is 9.52. The molecule has 5 aliphatic rings. The fourth-order valence-corrected chi connectivity index (χ4v) is 5.82. The summed E-state index contributed by atoms with van der Waals surface area (Å²) in [5.41, 5.74) is 4.05. The van der Waals surface area contributed by atoms with Crippen LogP contribution in [-0.4, -0.2) is 23.1 Å². The highest BCUT2D eigenvalue weighted by molar-refractivity contribution is 5.09. The van der Waals surface area contributed by atoms with Crippen LogP contribution in [0.3, 0.4) is 0 Å². The minimum Gasteiger partial charge on any atom is -0.254 e. The van der Waals surface area contributed by atoms with Crippen molar-refractivity contribution in [2.45, 2.75) is 62.9 Å². The Balaban J connectivity index is 1.61. The van der Waals surface area contributed by atoms with Gasteiger partial charge in [0, 0.05) is 18.1 Å². The molecule has 1 N–H and O–H groups in total. The van der Waals surface area contributed by atoms with Crippen LogP contribution in [0.2, 0.25) is 0 Å². The monoisotopic (exact) mass is 245 g/mol. The highest BCUT2D eigenvalue weighted by Gasteiger charge is 2.55. The Morgan fingerprint density at radius 2 is 1.72 bits per heavy atom. The van der Waals surface area contributed by atoms with Crippen LogP contribution in [0.4, 0.5) is 0 Å². The van der Waals surface area contributed by atoms with E-state index in [1.54, 1.807) is 0 Å². The fourth-order valence-electron chi connectivity index (χ4n) is 5.82. The van der Waals surface area contributed by atoms with E-state index in [0.29, 0.717) is 18.0 Å². The number of rotatable bonds is 2. The molecule has 3 heteroatoms. The Kier molecular flexibility index (Phi) is 2.47. The molecule has 0 aromatic carbocycles. The van der Waals surface area contributed by atoms with Gasteiger partial charge in [-0.2, -0.15) is 5.26 Å². The average molecular weight is 245 g/mol. The second kappa shape index (κ2) is 3.95. The lowest BCUT2D eigenvalue weighted by molar-refractivity contribution is -0.112. The van der Waals surface area contributed by atoms with Gasteiger partial charge < -0.3 is 0 Å². The molecule has 98 valence electrons. The summed E-state index contributed by atoms with van der Waals surface area (Å²) in [6.45, 7) is 1.08. The zero-order chi connectivity index (χ0) is 12.2. The van der Waals surface area contributed by atoms with Gasteiger partial charge in [-0.25, -0.2) is 5.01 Å². The molecule has 1 saturated heterocycles. The SMILES string of the molecule is N#CCC1CCNN1C12CC3CC(CC(C3)C1)C2. The van der Waals surface area contributed by atoms with Gasteiger partial charge in [0.25, 0.3) is 0 Å². The Bertz CT molecular complexity index is 348. The number of nitrogens with zero attached hydrogens (tertiary/aromatic N) is 2. The van der Waals surface area contributed by atoms with E-state index in [1.807, 2.05) is 0 Å². The smallest absolute Gasteiger partial charge is 0.0638 e. The van der Waals surface area contributed by atoms with Gasteiger partial charge in [-0.05, 0) is 62.7 Å². The molecule has 4 saturated carbocycles. The second-order valence-electron chi connectivity index (χ2n) is 7.22. The van der Waals surface area contributed by atoms with Crippen molar-refractivity contribution in [1.29, 1.82) is 5.26 Å². The van der Waals surface area contributed by atoms with E-state index >= 15 is 0 Å². The summed E-state index contributed by atoms with van der Waals surface area (Å²) in [6.07, 6.45) is 10.5. The number of nitrogens with one attached hydrogen (secondary N) is 1. The summed E-state index contributed by atoms with van der Waals surface area (Å²) in [5, 5.41) is 11.6. The largest absolute Gasteiger partial charge is 0.254 e. The second-order valence-corrected chi connectivity index (χ2v) is 7.22. The van der Waals surface area contributed by atoms with E-state index in [2.05, 4.69) is 16.5 Å². The molecule has 5 fully saturated rings. The molecule has 5 rings (SSSR count). The van der Waals surface area contributed by atoms with Crippen LogP contribution < -0.4 is 5.43 Å². The van der Waals surface area contributed by atoms with Crippen LogP contribution in [0.1, 0.15) is 51.4 Å². The van der Waals surface area contributed by atoms with Gasteiger partial charge in [-0.3, -0.25) is 5.43 Å². The Morgan fingerprint density at radius 1 is 1.11 bits per heavy atom. The van der Waals surface area contributed by atoms with Crippen LogP contribution in [-0.2, 0) is 0 Å². The quantitative estimate of drug-likeness (QED) is 0.812. The molecule has 1 unspecified atom stereocenters. The fraction of sp³-hybridized carbons (Fsp3) is 0.933. The predicted molar refractivity (Wildman–Crippen MR) is 69.4 cm³/mol. The maximum atomic E-state index is 9.02. The van der Waals surface area contributed by atoms with E-state index < -0.39 is 0 Å². The zero-order valence-corrected chi connectivity index (χ0v) is 11.1. The van der Waals surface area contributed by atoms with E-state index in [9.17, 15) is 0 Å². The van der Waals surface area contributed by atoms with Crippen molar-refractivity contribution in [3.8, 4) is 6.07 Å². The van der Waals surface area contributed by atoms with Crippen LogP contribution >= 0.6 is 0 Å². The molecule has 0 aromatic rings. The third-order valence-corrected chi connectivity index (χ3v) is 5.97. The van der Waals surface area contributed by atoms with E-state index in [4.69, 9.17) is 5.26 Å².